The molecule has 1 N–H and O–H groups in total. The number of hydrogen-bond donors (Lipinski definition) is 1. The highest BCUT2D eigenvalue weighted by Crippen LogP contribution is 2.27. The first-order chi connectivity index (χ1) is 20.1. The van der Waals surface area contributed by atoms with Crippen molar-refractivity contribution in [1.29, 1.82) is 0 Å². The van der Waals surface area contributed by atoms with Gasteiger partial charge in [0.25, 0.3) is 10.0 Å². The van der Waals surface area contributed by atoms with E-state index in [1.54, 1.807) is 24.3 Å². The molecule has 8 nitrogen and oxygen atoms in total. The number of nitrogens with zero attached hydrogens (tertiary/aromatic N) is 2. The van der Waals surface area contributed by atoms with Crippen molar-refractivity contribution in [2.45, 2.75) is 76.4 Å². The summed E-state index contributed by atoms with van der Waals surface area (Å²) in [5.41, 5.74) is 3.23. The van der Waals surface area contributed by atoms with Crippen molar-refractivity contribution in [1.82, 2.24) is 10.2 Å². The predicted molar refractivity (Wildman–Crippen MR) is 165 cm³/mol. The van der Waals surface area contributed by atoms with Gasteiger partial charge in [-0.25, -0.2) is 8.42 Å². The van der Waals surface area contributed by atoms with Crippen LogP contribution in [0.5, 0.6) is 5.75 Å². The lowest BCUT2D eigenvalue weighted by Crippen LogP contribution is -2.53. The summed E-state index contributed by atoms with van der Waals surface area (Å²) in [5, 5.41) is 3.14. The number of hydrogen-bond acceptors (Lipinski definition) is 5. The second-order valence-electron chi connectivity index (χ2n) is 10.9. The molecule has 1 saturated carbocycles. The molecule has 42 heavy (non-hydrogen) atoms. The van der Waals surface area contributed by atoms with E-state index in [4.69, 9.17) is 4.74 Å². The Bertz CT molecular complexity index is 1470. The van der Waals surface area contributed by atoms with E-state index in [1.165, 1.54) is 24.1 Å². The van der Waals surface area contributed by atoms with E-state index in [0.29, 0.717) is 17.9 Å². The Morgan fingerprint density at radius 3 is 2.21 bits per heavy atom. The fraction of sp³-hybridized carbons (Fsp3) is 0.394. The van der Waals surface area contributed by atoms with Crippen molar-refractivity contribution in [3.8, 4) is 5.75 Å². The summed E-state index contributed by atoms with van der Waals surface area (Å²) in [6.07, 6.45) is 4.39. The Labute approximate surface area is 249 Å². The third-order valence-corrected chi connectivity index (χ3v) is 9.56. The molecule has 1 fully saturated rings. The summed E-state index contributed by atoms with van der Waals surface area (Å²) in [6, 6.07) is 20.2. The fourth-order valence-electron chi connectivity index (χ4n) is 5.41. The van der Waals surface area contributed by atoms with Crippen molar-refractivity contribution in [2.75, 3.05) is 18.0 Å². The van der Waals surface area contributed by atoms with Gasteiger partial charge in [0.15, 0.2) is 0 Å². The molecule has 2 amide bonds. The summed E-state index contributed by atoms with van der Waals surface area (Å²) in [4.78, 5) is 29.3. The highest BCUT2D eigenvalue weighted by Gasteiger charge is 2.34. The normalized spacial score (nSPS) is 14.3. The highest BCUT2D eigenvalue weighted by atomic mass is 32.2. The van der Waals surface area contributed by atoms with Crippen LogP contribution < -0.4 is 14.4 Å². The molecular weight excluding hydrogens is 550 g/mol. The number of carbonyl (C=O) groups excluding carboxylic acids is 2. The Balaban J connectivity index is 1.71. The lowest BCUT2D eigenvalue weighted by atomic mass is 10.1. The minimum atomic E-state index is -4.14. The van der Waals surface area contributed by atoms with Gasteiger partial charge in [-0.1, -0.05) is 67.3 Å². The highest BCUT2D eigenvalue weighted by molar-refractivity contribution is 7.92. The van der Waals surface area contributed by atoms with Crippen molar-refractivity contribution in [3.63, 3.8) is 0 Å². The number of carbonyl (C=O) groups is 2. The number of methoxy groups -OCH3 is 1. The summed E-state index contributed by atoms with van der Waals surface area (Å²) in [7, 11) is -2.63. The van der Waals surface area contributed by atoms with Crippen LogP contribution in [0.1, 0.15) is 55.7 Å². The van der Waals surface area contributed by atoms with Gasteiger partial charge in [0, 0.05) is 12.6 Å². The molecule has 3 aromatic carbocycles. The van der Waals surface area contributed by atoms with Gasteiger partial charge in [0.05, 0.1) is 17.7 Å². The number of sulfonamides is 1. The van der Waals surface area contributed by atoms with Gasteiger partial charge in [0.2, 0.25) is 11.8 Å². The smallest absolute Gasteiger partial charge is 0.264 e. The molecular formula is C33H41N3O5S. The van der Waals surface area contributed by atoms with Gasteiger partial charge >= 0.3 is 0 Å². The summed E-state index contributed by atoms with van der Waals surface area (Å²) < 4.78 is 34.4. The van der Waals surface area contributed by atoms with E-state index in [2.05, 4.69) is 5.32 Å². The van der Waals surface area contributed by atoms with Gasteiger partial charge in [-0.2, -0.15) is 0 Å². The fourth-order valence-corrected chi connectivity index (χ4v) is 6.82. The van der Waals surface area contributed by atoms with Gasteiger partial charge < -0.3 is 15.0 Å². The van der Waals surface area contributed by atoms with Crippen LogP contribution in [-0.4, -0.2) is 50.9 Å². The molecule has 9 heteroatoms. The zero-order valence-corrected chi connectivity index (χ0v) is 25.7. The average Bonchev–Trinajstić information content (AvgIpc) is 3.49. The van der Waals surface area contributed by atoms with Crippen LogP contribution in [0, 0.1) is 13.8 Å². The molecule has 0 saturated heterocycles. The first kappa shape index (κ1) is 31.1. The first-order valence-electron chi connectivity index (χ1n) is 14.5. The Morgan fingerprint density at radius 2 is 1.62 bits per heavy atom. The topological polar surface area (TPSA) is 96.0 Å². The predicted octanol–water partition coefficient (Wildman–Crippen LogP) is 5.37. The Kier molecular flexibility index (Phi) is 10.3. The Morgan fingerprint density at radius 1 is 0.952 bits per heavy atom. The van der Waals surface area contributed by atoms with Crippen molar-refractivity contribution >= 4 is 27.5 Å². The molecule has 3 aromatic rings. The molecule has 0 spiro atoms. The third-order valence-electron chi connectivity index (χ3n) is 7.77. The van der Waals surface area contributed by atoms with E-state index in [-0.39, 0.29) is 23.4 Å². The van der Waals surface area contributed by atoms with Crippen LogP contribution in [-0.2, 0) is 26.2 Å². The molecule has 0 bridgehead atoms. The third kappa shape index (κ3) is 7.50. The quantitative estimate of drug-likeness (QED) is 0.305. The number of ether oxygens (including phenoxy) is 1. The second kappa shape index (κ2) is 13.9. The van der Waals surface area contributed by atoms with Crippen LogP contribution >= 0.6 is 0 Å². The van der Waals surface area contributed by atoms with Crippen molar-refractivity contribution < 1.29 is 22.7 Å². The summed E-state index contributed by atoms with van der Waals surface area (Å²) in [6.45, 7) is 5.48. The number of anilines is 1. The molecule has 0 heterocycles. The van der Waals surface area contributed by atoms with Crippen LogP contribution in [0.25, 0.3) is 0 Å². The van der Waals surface area contributed by atoms with Crippen molar-refractivity contribution in [2.24, 2.45) is 0 Å². The van der Waals surface area contributed by atoms with Gasteiger partial charge in [-0.15, -0.1) is 0 Å². The number of benzene rings is 3. The number of amides is 2. The molecule has 1 atom stereocenters. The van der Waals surface area contributed by atoms with E-state index in [1.807, 2.05) is 57.2 Å². The van der Waals surface area contributed by atoms with Crippen LogP contribution in [0.3, 0.4) is 0 Å². The monoisotopic (exact) mass is 591 g/mol. The zero-order chi connectivity index (χ0) is 30.3. The Hall–Kier alpha value is -3.85. The van der Waals surface area contributed by atoms with E-state index in [9.17, 15) is 18.0 Å². The SMILES string of the molecule is CC[C@@H](C(=O)NC1CCCC1)N(Cc1cccc(C)c1)C(=O)CN(c1ccc(C)cc1)S(=O)(=O)c1ccc(OC)cc1. The van der Waals surface area contributed by atoms with Gasteiger partial charge in [0.1, 0.15) is 18.3 Å². The molecule has 1 aliphatic rings. The first-order valence-corrected chi connectivity index (χ1v) is 15.9. The zero-order valence-electron chi connectivity index (χ0n) is 24.9. The molecule has 0 radical (unpaired) electrons. The van der Waals surface area contributed by atoms with Crippen LogP contribution in [0.2, 0.25) is 0 Å². The minimum Gasteiger partial charge on any atom is -0.497 e. The number of nitrogens with one attached hydrogen (secondary N) is 1. The maximum absolute atomic E-state index is 14.2. The van der Waals surface area contributed by atoms with Crippen LogP contribution in [0.4, 0.5) is 5.69 Å². The molecule has 4 rings (SSSR count). The average molecular weight is 592 g/mol. The lowest BCUT2D eigenvalue weighted by Gasteiger charge is -2.34. The summed E-state index contributed by atoms with van der Waals surface area (Å²) >= 11 is 0. The molecule has 0 aromatic heterocycles. The van der Waals surface area contributed by atoms with E-state index in [0.717, 1.165) is 46.7 Å². The molecule has 224 valence electrons. The second-order valence-corrected chi connectivity index (χ2v) is 12.8. The number of aryl methyl sites for hydroxylation is 2. The summed E-state index contributed by atoms with van der Waals surface area (Å²) in [5.74, 6) is -0.136. The van der Waals surface area contributed by atoms with E-state index < -0.39 is 28.5 Å². The molecule has 0 unspecified atom stereocenters. The standard InChI is InChI=1S/C33H41N3O5S/c1-5-31(33(38)34-27-11-6-7-12-27)35(22-26-10-8-9-25(3)21-26)32(37)23-36(28-15-13-24(2)14-16-28)42(39,40)30-19-17-29(41-4)18-20-30/h8-10,13-21,27,31H,5-7,11-12,22-23H2,1-4H3,(H,34,38)/t31-/m0/s1. The largest absolute Gasteiger partial charge is 0.497 e. The van der Waals surface area contributed by atoms with Crippen LogP contribution in [0.15, 0.2) is 77.7 Å². The van der Waals surface area contributed by atoms with Crippen molar-refractivity contribution in [3.05, 3.63) is 89.5 Å². The lowest BCUT2D eigenvalue weighted by molar-refractivity contribution is -0.140. The van der Waals surface area contributed by atoms with Gasteiger partial charge in [-0.05, 0) is 75.1 Å². The van der Waals surface area contributed by atoms with Gasteiger partial charge in [-0.3, -0.25) is 13.9 Å². The maximum atomic E-state index is 14.2. The van der Waals surface area contributed by atoms with E-state index >= 15 is 0 Å². The molecule has 0 aliphatic heterocycles. The number of rotatable bonds is 12. The minimum absolute atomic E-state index is 0.0351. The molecule has 1 aliphatic carbocycles. The maximum Gasteiger partial charge on any atom is 0.264 e.